The molecular weight excluding hydrogens is 485 g/mol. The number of methoxy groups -OCH3 is 2. The molecule has 1 aromatic carbocycles. The molecule has 0 fully saturated rings. The zero-order valence-electron chi connectivity index (χ0n) is 17.4. The van der Waals surface area contributed by atoms with Crippen LogP contribution in [-0.2, 0) is 17.8 Å². The largest absolute Gasteiger partial charge is 0.497 e. The molecule has 8 heteroatoms. The minimum absolute atomic E-state index is 0. The third-order valence-corrected chi connectivity index (χ3v) is 4.06. The van der Waals surface area contributed by atoms with Crippen molar-refractivity contribution in [2.45, 2.75) is 26.4 Å². The summed E-state index contributed by atoms with van der Waals surface area (Å²) in [7, 11) is 3.34. The Morgan fingerprint density at radius 2 is 2.00 bits per heavy atom. The predicted molar refractivity (Wildman–Crippen MR) is 126 cm³/mol. The number of halogens is 1. The first-order valence-corrected chi connectivity index (χ1v) is 9.60. The van der Waals surface area contributed by atoms with Gasteiger partial charge in [0.1, 0.15) is 23.9 Å². The lowest BCUT2D eigenvalue weighted by molar-refractivity contribution is 0.105. The van der Waals surface area contributed by atoms with Crippen molar-refractivity contribution in [3.05, 3.63) is 47.9 Å². The van der Waals surface area contributed by atoms with Gasteiger partial charge in [-0.2, -0.15) is 0 Å². The smallest absolute Gasteiger partial charge is 0.191 e. The highest BCUT2D eigenvalue weighted by Gasteiger charge is 2.06. The van der Waals surface area contributed by atoms with Gasteiger partial charge in [-0.3, -0.25) is 4.99 Å². The molecular formula is C21H32IN3O4. The van der Waals surface area contributed by atoms with Crippen molar-refractivity contribution in [3.8, 4) is 11.5 Å². The van der Waals surface area contributed by atoms with Gasteiger partial charge in [0.05, 0.1) is 20.5 Å². The van der Waals surface area contributed by atoms with Crippen LogP contribution in [-0.4, -0.2) is 46.4 Å². The summed E-state index contributed by atoms with van der Waals surface area (Å²) in [6, 6.07) is 9.59. The molecule has 0 aliphatic carbocycles. The molecule has 0 aliphatic heterocycles. The summed E-state index contributed by atoms with van der Waals surface area (Å²) in [5.41, 5.74) is 1.09. The van der Waals surface area contributed by atoms with Crippen LogP contribution in [0.4, 0.5) is 0 Å². The topological polar surface area (TPSA) is 77.3 Å². The summed E-state index contributed by atoms with van der Waals surface area (Å²) in [5, 5.41) is 6.62. The van der Waals surface area contributed by atoms with Gasteiger partial charge in [0.25, 0.3) is 0 Å². The Morgan fingerprint density at radius 3 is 2.69 bits per heavy atom. The van der Waals surface area contributed by atoms with Crippen LogP contribution in [0.1, 0.15) is 24.7 Å². The van der Waals surface area contributed by atoms with Crippen LogP contribution in [0, 0.1) is 0 Å². The average Bonchev–Trinajstić information content (AvgIpc) is 3.23. The minimum atomic E-state index is 0. The second-order valence-electron chi connectivity index (χ2n) is 6.10. The monoisotopic (exact) mass is 517 g/mol. The summed E-state index contributed by atoms with van der Waals surface area (Å²) in [6.07, 6.45) is 3.30. The van der Waals surface area contributed by atoms with Gasteiger partial charge < -0.3 is 29.3 Å². The predicted octanol–water partition coefficient (Wildman–Crippen LogP) is 3.62. The second kappa shape index (κ2) is 15.0. The fourth-order valence-corrected chi connectivity index (χ4v) is 2.66. The van der Waals surface area contributed by atoms with Crippen LogP contribution in [0.5, 0.6) is 11.5 Å². The molecule has 0 atom stereocenters. The molecule has 162 valence electrons. The van der Waals surface area contributed by atoms with E-state index in [-0.39, 0.29) is 24.0 Å². The molecule has 2 N–H and O–H groups in total. The van der Waals surface area contributed by atoms with E-state index < -0.39 is 0 Å². The van der Waals surface area contributed by atoms with Crippen molar-refractivity contribution >= 4 is 29.9 Å². The van der Waals surface area contributed by atoms with Crippen molar-refractivity contribution < 1.29 is 18.6 Å². The van der Waals surface area contributed by atoms with Crippen LogP contribution in [0.15, 0.2) is 46.0 Å². The molecule has 0 amide bonds. The van der Waals surface area contributed by atoms with Crippen molar-refractivity contribution in [2.75, 3.05) is 40.5 Å². The molecule has 1 aromatic heterocycles. The molecule has 7 nitrogen and oxygen atoms in total. The highest BCUT2D eigenvalue weighted by Crippen LogP contribution is 2.24. The molecule has 0 aliphatic rings. The lowest BCUT2D eigenvalue weighted by atomic mass is 10.1. The number of nitrogens with zero attached hydrogens (tertiary/aromatic N) is 1. The molecule has 29 heavy (non-hydrogen) atoms. The number of guanidine groups is 1. The number of furan rings is 1. The summed E-state index contributed by atoms with van der Waals surface area (Å²) in [6.45, 7) is 5.43. The molecule has 2 rings (SSSR count). The maximum absolute atomic E-state index is 5.58. The van der Waals surface area contributed by atoms with Gasteiger partial charge in [-0.15, -0.1) is 24.0 Å². The normalized spacial score (nSPS) is 10.9. The van der Waals surface area contributed by atoms with Gasteiger partial charge in [0, 0.05) is 26.2 Å². The van der Waals surface area contributed by atoms with Crippen LogP contribution in [0.3, 0.4) is 0 Å². The average molecular weight is 517 g/mol. The molecule has 0 bridgehead atoms. The molecule has 2 aromatic rings. The summed E-state index contributed by atoms with van der Waals surface area (Å²) >= 11 is 0. The number of hydrogen-bond acceptors (Lipinski definition) is 5. The maximum atomic E-state index is 5.58. The Bertz CT molecular complexity index is 708. The molecule has 0 spiro atoms. The van der Waals surface area contributed by atoms with Gasteiger partial charge in [0.2, 0.25) is 0 Å². The van der Waals surface area contributed by atoms with Crippen molar-refractivity contribution in [1.29, 1.82) is 0 Å². The minimum Gasteiger partial charge on any atom is -0.497 e. The van der Waals surface area contributed by atoms with E-state index in [9.17, 15) is 0 Å². The lowest BCUT2D eigenvalue weighted by Crippen LogP contribution is -2.38. The number of nitrogens with one attached hydrogen (secondary N) is 2. The first kappa shape index (κ1) is 25.1. The Labute approximate surface area is 190 Å². The number of ether oxygens (including phenoxy) is 3. The Hall–Kier alpha value is -1.94. The van der Waals surface area contributed by atoms with Crippen LogP contribution < -0.4 is 20.1 Å². The Balaban J connectivity index is 0.00000420. The molecule has 0 radical (unpaired) electrons. The van der Waals surface area contributed by atoms with Crippen molar-refractivity contribution in [2.24, 2.45) is 4.99 Å². The summed E-state index contributed by atoms with van der Waals surface area (Å²) in [5.74, 6) is 3.33. The fourth-order valence-electron chi connectivity index (χ4n) is 2.66. The number of aliphatic imine (C=N–C) groups is 1. The van der Waals surface area contributed by atoms with E-state index in [1.165, 1.54) is 0 Å². The highest BCUT2D eigenvalue weighted by molar-refractivity contribution is 14.0. The van der Waals surface area contributed by atoms with E-state index in [1.807, 2.05) is 30.3 Å². The first-order chi connectivity index (χ1) is 13.8. The summed E-state index contributed by atoms with van der Waals surface area (Å²) in [4.78, 5) is 4.59. The number of hydrogen-bond donors (Lipinski definition) is 2. The summed E-state index contributed by atoms with van der Waals surface area (Å²) < 4.78 is 21.5. The van der Waals surface area contributed by atoms with Gasteiger partial charge in [-0.1, -0.05) is 0 Å². The maximum Gasteiger partial charge on any atom is 0.191 e. The van der Waals surface area contributed by atoms with Gasteiger partial charge in [-0.05, 0) is 55.7 Å². The lowest BCUT2D eigenvalue weighted by Gasteiger charge is -2.13. The van der Waals surface area contributed by atoms with E-state index in [0.29, 0.717) is 19.8 Å². The standard InChI is InChI=1S/C21H31N3O4.HI/c1-4-22-21(23-11-6-13-27-16-19-7-5-14-28-19)24-12-10-17-15-18(25-2)8-9-20(17)26-3;/h5,7-9,14-15H,4,6,10-13,16H2,1-3H3,(H2,22,23,24);1H. The SMILES string of the molecule is CCNC(=NCCCOCc1ccco1)NCCc1cc(OC)ccc1OC.I. The van der Waals surface area contributed by atoms with E-state index in [0.717, 1.165) is 54.7 Å². The fraction of sp³-hybridized carbons (Fsp3) is 0.476. The third kappa shape index (κ3) is 9.40. The second-order valence-corrected chi connectivity index (χ2v) is 6.10. The van der Waals surface area contributed by atoms with E-state index >= 15 is 0 Å². The van der Waals surface area contributed by atoms with Crippen LogP contribution in [0.2, 0.25) is 0 Å². The van der Waals surface area contributed by atoms with Gasteiger partial charge in [-0.25, -0.2) is 0 Å². The number of benzene rings is 1. The zero-order valence-corrected chi connectivity index (χ0v) is 19.7. The first-order valence-electron chi connectivity index (χ1n) is 9.60. The van der Waals surface area contributed by atoms with Gasteiger partial charge >= 0.3 is 0 Å². The van der Waals surface area contributed by atoms with E-state index in [4.69, 9.17) is 18.6 Å². The molecule has 0 saturated heterocycles. The molecule has 0 unspecified atom stereocenters. The quantitative estimate of drug-likeness (QED) is 0.194. The van der Waals surface area contributed by atoms with Gasteiger partial charge in [0.15, 0.2) is 5.96 Å². The molecule has 1 heterocycles. The van der Waals surface area contributed by atoms with Crippen molar-refractivity contribution in [1.82, 2.24) is 10.6 Å². The van der Waals surface area contributed by atoms with Crippen molar-refractivity contribution in [3.63, 3.8) is 0 Å². The third-order valence-electron chi connectivity index (χ3n) is 4.06. The molecule has 0 saturated carbocycles. The Morgan fingerprint density at radius 1 is 1.14 bits per heavy atom. The van der Waals surface area contributed by atoms with E-state index in [2.05, 4.69) is 22.5 Å². The highest BCUT2D eigenvalue weighted by atomic mass is 127. The van der Waals surface area contributed by atoms with Crippen LogP contribution >= 0.6 is 24.0 Å². The van der Waals surface area contributed by atoms with E-state index in [1.54, 1.807) is 20.5 Å². The Kier molecular flexibility index (Phi) is 13.0. The number of rotatable bonds is 12. The zero-order chi connectivity index (χ0) is 20.0. The van der Waals surface area contributed by atoms with Crippen LogP contribution in [0.25, 0.3) is 0 Å².